The molecule has 0 bridgehead atoms. The second-order valence-electron chi connectivity index (χ2n) is 4.07. The van der Waals surface area contributed by atoms with E-state index in [1.54, 1.807) is 0 Å². The van der Waals surface area contributed by atoms with Gasteiger partial charge in [-0.2, -0.15) is 4.99 Å². The first-order chi connectivity index (χ1) is 9.25. The average molecular weight is 254 g/mol. The Hall–Kier alpha value is -1.72. The van der Waals surface area contributed by atoms with E-state index in [1.165, 1.54) is 0 Å². The molecule has 0 heterocycles. The molecule has 0 fully saturated rings. The van der Waals surface area contributed by atoms with Crippen LogP contribution in [0, 0.1) is 0 Å². The lowest BCUT2D eigenvalue weighted by Gasteiger charge is -2.20. The van der Waals surface area contributed by atoms with Gasteiger partial charge in [-0.25, -0.2) is 0 Å². The quantitative estimate of drug-likeness (QED) is 0.284. The van der Waals surface area contributed by atoms with Gasteiger partial charge in [0.1, 0.15) is 39.2 Å². The standard InChI is InChI=1S/C10H10B5N5/c11-4-3(1-2-19-10(18)20-9(16)17)5(12)7(14)8(15)6(4)13/h1-2H2,(H6,16,17,18,19,20). The highest BCUT2D eigenvalue weighted by Crippen LogP contribution is 1.90. The minimum absolute atomic E-state index is 0.0430. The predicted octanol–water partition coefficient (Wildman–Crippen LogP) is -6.21. The summed E-state index contributed by atoms with van der Waals surface area (Å²) in [6.45, 7) is 0.264. The first-order valence-corrected chi connectivity index (χ1v) is 5.65. The smallest absolute Gasteiger partial charge is 0.218 e. The Morgan fingerprint density at radius 2 is 1.25 bits per heavy atom. The van der Waals surface area contributed by atoms with Gasteiger partial charge >= 0.3 is 0 Å². The van der Waals surface area contributed by atoms with E-state index in [1.807, 2.05) is 0 Å². The summed E-state index contributed by atoms with van der Waals surface area (Å²) in [7, 11) is 28.9. The van der Waals surface area contributed by atoms with E-state index in [-0.39, 0.29) is 45.8 Å². The van der Waals surface area contributed by atoms with Gasteiger partial charge in [0.15, 0.2) is 5.96 Å². The summed E-state index contributed by atoms with van der Waals surface area (Å²) >= 11 is 0. The highest BCUT2D eigenvalue weighted by molar-refractivity contribution is 6.67. The molecule has 6 N–H and O–H groups in total. The fourth-order valence-electron chi connectivity index (χ4n) is 1.62. The van der Waals surface area contributed by atoms with Crippen LogP contribution in [0.1, 0.15) is 5.56 Å². The lowest BCUT2D eigenvalue weighted by Crippen LogP contribution is -2.56. The van der Waals surface area contributed by atoms with Crippen LogP contribution in [0.4, 0.5) is 0 Å². The molecule has 0 saturated carbocycles. The molecule has 0 aliphatic heterocycles. The molecule has 5 nitrogen and oxygen atoms in total. The molecular formula is C10H10B5N5. The molecule has 20 heavy (non-hydrogen) atoms. The second kappa shape index (κ2) is 6.63. The fourth-order valence-corrected chi connectivity index (χ4v) is 1.62. The van der Waals surface area contributed by atoms with Gasteiger partial charge < -0.3 is 17.2 Å². The highest BCUT2D eigenvalue weighted by atomic mass is 15.1. The van der Waals surface area contributed by atoms with Crippen LogP contribution in [0.3, 0.4) is 0 Å². The largest absolute Gasteiger partial charge is 0.370 e. The Labute approximate surface area is 124 Å². The fraction of sp³-hybridized carbons (Fsp3) is 0.200. The maximum absolute atomic E-state index is 5.86. The molecule has 0 atom stereocenters. The molecule has 1 aromatic carbocycles. The lowest BCUT2D eigenvalue weighted by molar-refractivity contribution is 0.974. The van der Waals surface area contributed by atoms with E-state index in [9.17, 15) is 0 Å². The first kappa shape index (κ1) is 16.3. The number of aliphatic imine (C=N–C) groups is 2. The number of guanidine groups is 2. The molecule has 0 aliphatic rings. The third-order valence-corrected chi connectivity index (χ3v) is 2.69. The van der Waals surface area contributed by atoms with Crippen molar-refractivity contribution in [1.82, 2.24) is 0 Å². The number of rotatable bonds is 3. The van der Waals surface area contributed by atoms with Gasteiger partial charge in [0.05, 0.1) is 0 Å². The summed E-state index contributed by atoms with van der Waals surface area (Å²) in [5.74, 6) is -0.218. The molecule has 0 aliphatic carbocycles. The molecule has 0 amide bonds. The van der Waals surface area contributed by atoms with E-state index in [0.717, 1.165) is 0 Å². The first-order valence-electron chi connectivity index (χ1n) is 5.65. The summed E-state index contributed by atoms with van der Waals surface area (Å²) in [5, 5.41) is 0. The van der Waals surface area contributed by atoms with Crippen LogP contribution >= 0.6 is 0 Å². The maximum Gasteiger partial charge on any atom is 0.218 e. The van der Waals surface area contributed by atoms with Crippen LogP contribution in [0.25, 0.3) is 0 Å². The molecule has 0 spiro atoms. The Morgan fingerprint density at radius 1 is 0.800 bits per heavy atom. The normalized spacial score (nSPS) is 11.3. The lowest BCUT2D eigenvalue weighted by atomic mass is 9.60. The molecule has 90 valence electrons. The zero-order valence-corrected chi connectivity index (χ0v) is 10.9. The van der Waals surface area contributed by atoms with E-state index < -0.39 is 0 Å². The Kier molecular flexibility index (Phi) is 5.42. The summed E-state index contributed by atoms with van der Waals surface area (Å²) in [4.78, 5) is 7.52. The second-order valence-corrected chi connectivity index (χ2v) is 4.07. The van der Waals surface area contributed by atoms with E-state index in [4.69, 9.17) is 56.4 Å². The van der Waals surface area contributed by atoms with Crippen molar-refractivity contribution in [3.63, 3.8) is 0 Å². The summed E-state index contributed by atoms with van der Waals surface area (Å²) in [5.41, 5.74) is 17.5. The Balaban J connectivity index is 2.98. The van der Waals surface area contributed by atoms with Crippen LogP contribution in [-0.4, -0.2) is 57.7 Å². The molecule has 0 aromatic heterocycles. The molecule has 1 aromatic rings. The van der Waals surface area contributed by atoms with Crippen molar-refractivity contribution < 1.29 is 0 Å². The van der Waals surface area contributed by atoms with Gasteiger partial charge in [-0.05, 0) is 6.42 Å². The molecular weight excluding hydrogens is 244 g/mol. The molecule has 10 radical (unpaired) electrons. The predicted molar refractivity (Wildman–Crippen MR) is 89.4 cm³/mol. The van der Waals surface area contributed by atoms with Gasteiger partial charge in [-0.15, -0.1) is 27.3 Å². The summed E-state index contributed by atoms with van der Waals surface area (Å²) < 4.78 is 0. The minimum atomic E-state index is -0.175. The topological polar surface area (TPSA) is 103 Å². The van der Waals surface area contributed by atoms with Crippen molar-refractivity contribution >= 4 is 78.5 Å². The molecule has 10 heteroatoms. The van der Waals surface area contributed by atoms with Gasteiger partial charge in [-0.1, -0.05) is 5.56 Å². The van der Waals surface area contributed by atoms with E-state index >= 15 is 0 Å². The SMILES string of the molecule is [B]c1c([B])c([B])c(CCN=C(N)N=C(N)N)c([B])c1[B]. The molecule has 0 saturated heterocycles. The maximum atomic E-state index is 5.86. The van der Waals surface area contributed by atoms with Crippen molar-refractivity contribution in [1.29, 1.82) is 0 Å². The highest BCUT2D eigenvalue weighted by Gasteiger charge is 2.09. The van der Waals surface area contributed by atoms with Crippen molar-refractivity contribution in [2.24, 2.45) is 27.2 Å². The third-order valence-electron chi connectivity index (χ3n) is 2.69. The van der Waals surface area contributed by atoms with Crippen LogP contribution in [0.5, 0.6) is 0 Å². The Morgan fingerprint density at radius 3 is 1.70 bits per heavy atom. The van der Waals surface area contributed by atoms with Crippen molar-refractivity contribution in [3.05, 3.63) is 5.56 Å². The minimum Gasteiger partial charge on any atom is -0.370 e. The van der Waals surface area contributed by atoms with Crippen LogP contribution in [0.2, 0.25) is 0 Å². The van der Waals surface area contributed by atoms with Crippen molar-refractivity contribution in [2.75, 3.05) is 6.54 Å². The van der Waals surface area contributed by atoms with Gasteiger partial charge in [0.25, 0.3) is 0 Å². The van der Waals surface area contributed by atoms with Crippen LogP contribution in [0.15, 0.2) is 9.98 Å². The monoisotopic (exact) mass is 255 g/mol. The molecule has 0 unspecified atom stereocenters. The number of nitrogens with zero attached hydrogens (tertiary/aromatic N) is 2. The number of benzene rings is 1. The molecule has 1 rings (SSSR count). The van der Waals surface area contributed by atoms with Gasteiger partial charge in [0, 0.05) is 6.54 Å². The summed E-state index contributed by atoms with van der Waals surface area (Å²) in [6.07, 6.45) is 0.368. The Bertz CT molecular complexity index is 551. The number of nitrogens with two attached hydrogens (primary N) is 3. The van der Waals surface area contributed by atoms with Crippen LogP contribution in [-0.2, 0) is 6.42 Å². The van der Waals surface area contributed by atoms with Crippen molar-refractivity contribution in [3.8, 4) is 0 Å². The van der Waals surface area contributed by atoms with E-state index in [2.05, 4.69) is 9.98 Å². The van der Waals surface area contributed by atoms with E-state index in [0.29, 0.717) is 12.0 Å². The number of hydrogen-bond acceptors (Lipinski definition) is 1. The average Bonchev–Trinajstić information content (AvgIpc) is 2.37. The zero-order chi connectivity index (χ0) is 15.4. The van der Waals surface area contributed by atoms with Crippen molar-refractivity contribution in [2.45, 2.75) is 6.42 Å². The van der Waals surface area contributed by atoms with Gasteiger partial charge in [0.2, 0.25) is 5.96 Å². The van der Waals surface area contributed by atoms with Gasteiger partial charge in [-0.3, -0.25) is 4.99 Å². The number of hydrogen-bond donors (Lipinski definition) is 3. The third kappa shape index (κ3) is 3.65. The zero-order valence-electron chi connectivity index (χ0n) is 10.9. The van der Waals surface area contributed by atoms with Crippen LogP contribution < -0.4 is 44.5 Å². The summed E-state index contributed by atoms with van der Waals surface area (Å²) in [6, 6.07) is 0.